The lowest BCUT2D eigenvalue weighted by Gasteiger charge is -2.27. The predicted molar refractivity (Wildman–Crippen MR) is 98.7 cm³/mol. The molecule has 1 N–H and O–H groups in total. The first-order valence-electron chi connectivity index (χ1n) is 8.05. The molecule has 1 amide bonds. The molecule has 0 radical (unpaired) electrons. The summed E-state index contributed by atoms with van der Waals surface area (Å²) < 4.78 is 23.1. The average Bonchev–Trinajstić information content (AvgIpc) is 3.11. The van der Waals surface area contributed by atoms with Gasteiger partial charge in [-0.1, -0.05) is 12.1 Å². The number of fused-ring (bicyclic) bond motifs is 3. The summed E-state index contributed by atoms with van der Waals surface area (Å²) in [6.07, 6.45) is 1.13. The molecule has 7 nitrogen and oxygen atoms in total. The monoisotopic (exact) mass is 368 g/mol. The lowest BCUT2D eigenvalue weighted by molar-refractivity contribution is 0.0974. The molecule has 2 aliphatic heterocycles. The smallest absolute Gasteiger partial charge is 0.257 e. The van der Waals surface area contributed by atoms with Crippen LogP contribution in [0.3, 0.4) is 0 Å². The largest absolute Gasteiger partial charge is 0.294 e. The van der Waals surface area contributed by atoms with E-state index in [2.05, 4.69) is 15.3 Å². The second-order valence-corrected chi connectivity index (χ2v) is 8.08. The molecule has 0 aromatic heterocycles. The van der Waals surface area contributed by atoms with Gasteiger partial charge >= 0.3 is 0 Å². The van der Waals surface area contributed by atoms with E-state index in [0.717, 1.165) is 23.3 Å². The fraction of sp³-hybridized carbons (Fsp3) is 0.167. The van der Waals surface area contributed by atoms with Crippen LogP contribution in [0.1, 0.15) is 15.9 Å². The molecular weight excluding hydrogens is 352 g/mol. The fourth-order valence-corrected chi connectivity index (χ4v) is 3.57. The maximum Gasteiger partial charge on any atom is 0.257 e. The van der Waals surface area contributed by atoms with Crippen molar-refractivity contribution >= 4 is 33.2 Å². The highest BCUT2D eigenvalue weighted by Gasteiger charge is 2.30. The molecule has 0 aliphatic carbocycles. The van der Waals surface area contributed by atoms with Crippen molar-refractivity contribution in [2.24, 2.45) is 9.98 Å². The Balaban J connectivity index is 1.62. The molecule has 4 rings (SSSR count). The average molecular weight is 368 g/mol. The van der Waals surface area contributed by atoms with Crippen LogP contribution in [0.4, 0.5) is 5.69 Å². The van der Waals surface area contributed by atoms with Crippen molar-refractivity contribution in [3.63, 3.8) is 0 Å². The van der Waals surface area contributed by atoms with Crippen molar-refractivity contribution in [3.8, 4) is 0 Å². The fourth-order valence-electron chi connectivity index (χ4n) is 2.94. The number of nitrogens with zero attached hydrogens (tertiary/aromatic N) is 3. The van der Waals surface area contributed by atoms with Crippen LogP contribution in [-0.4, -0.2) is 50.4 Å². The number of aliphatic imine (C=N–C) groups is 2. The molecular formula is C18H16N4O3S. The molecule has 0 bridgehead atoms. The van der Waals surface area contributed by atoms with Crippen molar-refractivity contribution in [1.29, 1.82) is 0 Å². The third-order valence-corrected chi connectivity index (χ3v) is 5.37. The van der Waals surface area contributed by atoms with Gasteiger partial charge in [-0.25, -0.2) is 13.4 Å². The van der Waals surface area contributed by atoms with Crippen LogP contribution >= 0.6 is 0 Å². The van der Waals surface area contributed by atoms with Gasteiger partial charge in [-0.15, -0.1) is 0 Å². The second-order valence-electron chi connectivity index (χ2n) is 6.06. The molecule has 0 saturated carbocycles. The van der Waals surface area contributed by atoms with E-state index in [9.17, 15) is 13.2 Å². The van der Waals surface area contributed by atoms with Crippen molar-refractivity contribution in [2.75, 3.05) is 19.3 Å². The number of benzene rings is 2. The summed E-state index contributed by atoms with van der Waals surface area (Å²) in [6, 6.07) is 13.5. The third-order valence-electron chi connectivity index (χ3n) is 4.24. The molecule has 0 unspecified atom stereocenters. The second kappa shape index (κ2) is 6.06. The number of carbonyl (C=O) groups is 1. The van der Waals surface area contributed by atoms with Gasteiger partial charge in [-0.05, 0) is 36.4 Å². The molecule has 2 aromatic rings. The van der Waals surface area contributed by atoms with Crippen LogP contribution in [0.2, 0.25) is 0 Å². The molecule has 0 saturated heterocycles. The van der Waals surface area contributed by atoms with E-state index in [1.54, 1.807) is 0 Å². The van der Waals surface area contributed by atoms with Crippen molar-refractivity contribution in [1.82, 2.24) is 10.2 Å². The van der Waals surface area contributed by atoms with Crippen LogP contribution in [0.25, 0.3) is 0 Å². The molecule has 132 valence electrons. The van der Waals surface area contributed by atoms with Gasteiger partial charge in [-0.2, -0.15) is 0 Å². The van der Waals surface area contributed by atoms with Crippen LogP contribution in [0.5, 0.6) is 0 Å². The minimum atomic E-state index is -3.30. The number of nitrogens with one attached hydrogen (secondary N) is 1. The van der Waals surface area contributed by atoms with Crippen LogP contribution in [0.15, 0.2) is 63.4 Å². The number of para-hydroxylation sites is 1. The van der Waals surface area contributed by atoms with Crippen LogP contribution in [0, 0.1) is 0 Å². The van der Waals surface area contributed by atoms with Gasteiger partial charge in [0.05, 0.1) is 17.1 Å². The Hall–Kier alpha value is -3.00. The lowest BCUT2D eigenvalue weighted by Crippen LogP contribution is -2.47. The Morgan fingerprint density at radius 2 is 1.85 bits per heavy atom. The van der Waals surface area contributed by atoms with Gasteiger partial charge in [0.15, 0.2) is 9.84 Å². The Labute approximate surface area is 151 Å². The van der Waals surface area contributed by atoms with E-state index in [1.807, 2.05) is 29.2 Å². The van der Waals surface area contributed by atoms with E-state index in [-0.39, 0.29) is 10.8 Å². The number of guanidine groups is 1. The zero-order chi connectivity index (χ0) is 18.3. The topological polar surface area (TPSA) is 91.2 Å². The highest BCUT2D eigenvalue weighted by molar-refractivity contribution is 7.90. The third kappa shape index (κ3) is 2.88. The van der Waals surface area contributed by atoms with E-state index >= 15 is 0 Å². The summed E-state index contributed by atoms with van der Waals surface area (Å²) in [7, 11) is -3.30. The van der Waals surface area contributed by atoms with Gasteiger partial charge < -0.3 is 0 Å². The molecule has 0 atom stereocenters. The Morgan fingerprint density at radius 1 is 1.12 bits per heavy atom. The number of hydrogen-bond donors (Lipinski definition) is 1. The summed E-state index contributed by atoms with van der Waals surface area (Å²) in [5, 5.41) is 2.81. The van der Waals surface area contributed by atoms with E-state index in [4.69, 9.17) is 0 Å². The van der Waals surface area contributed by atoms with Gasteiger partial charge in [0.2, 0.25) is 5.96 Å². The van der Waals surface area contributed by atoms with Gasteiger partial charge in [-0.3, -0.25) is 20.0 Å². The zero-order valence-corrected chi connectivity index (χ0v) is 14.8. The van der Waals surface area contributed by atoms with Crippen LogP contribution < -0.4 is 5.32 Å². The number of sulfone groups is 1. The van der Waals surface area contributed by atoms with Crippen LogP contribution in [-0.2, 0) is 9.84 Å². The summed E-state index contributed by atoms with van der Waals surface area (Å²) in [5.74, 6) is 0.880. The van der Waals surface area contributed by atoms with Gasteiger partial charge in [0.1, 0.15) is 5.84 Å². The summed E-state index contributed by atoms with van der Waals surface area (Å²) in [4.78, 5) is 23.7. The number of amidine groups is 1. The summed E-state index contributed by atoms with van der Waals surface area (Å²) in [5.41, 5.74) is 2.06. The predicted octanol–water partition coefficient (Wildman–Crippen LogP) is 1.58. The highest BCUT2D eigenvalue weighted by atomic mass is 32.2. The zero-order valence-electron chi connectivity index (χ0n) is 14.0. The van der Waals surface area contributed by atoms with Crippen molar-refractivity contribution in [2.45, 2.75) is 4.90 Å². The molecule has 0 spiro atoms. The van der Waals surface area contributed by atoms with E-state index < -0.39 is 9.84 Å². The number of hydrogen-bond acceptors (Lipinski definition) is 6. The summed E-state index contributed by atoms with van der Waals surface area (Å²) in [6.45, 7) is 1.29. The first-order valence-corrected chi connectivity index (χ1v) is 9.94. The van der Waals surface area contributed by atoms with Gasteiger partial charge in [0, 0.05) is 23.9 Å². The molecule has 2 aromatic carbocycles. The number of rotatable bonds is 2. The standard InChI is InChI=1S/C18H16N4O3S/c1-26(24,25)13-8-6-12(7-9-13)17(23)21-18-20-15-5-3-2-4-14(15)16-19-10-11-22(16)18/h2-9H,10-11H2,1H3,(H,20,21,23). The maximum atomic E-state index is 12.6. The maximum absolute atomic E-state index is 12.6. The van der Waals surface area contributed by atoms with E-state index in [1.165, 1.54) is 24.3 Å². The van der Waals surface area contributed by atoms with E-state index in [0.29, 0.717) is 24.6 Å². The number of carbonyl (C=O) groups excluding carboxylic acids is 1. The molecule has 0 fully saturated rings. The minimum Gasteiger partial charge on any atom is -0.294 e. The molecule has 2 heterocycles. The van der Waals surface area contributed by atoms with Crippen molar-refractivity contribution < 1.29 is 13.2 Å². The first kappa shape index (κ1) is 16.5. The Kier molecular flexibility index (Phi) is 3.84. The van der Waals surface area contributed by atoms with Crippen molar-refractivity contribution in [3.05, 3.63) is 59.7 Å². The normalized spacial score (nSPS) is 15.7. The van der Waals surface area contributed by atoms with Gasteiger partial charge in [0.25, 0.3) is 5.91 Å². The molecule has 2 aliphatic rings. The Morgan fingerprint density at radius 3 is 2.58 bits per heavy atom. The number of amides is 1. The molecule has 26 heavy (non-hydrogen) atoms. The SMILES string of the molecule is CS(=O)(=O)c1ccc(C(=O)NC2=Nc3ccccc3C3=NCCN23)cc1. The quantitative estimate of drug-likeness (QED) is 0.871. The minimum absolute atomic E-state index is 0.173. The lowest BCUT2D eigenvalue weighted by atomic mass is 10.1. The highest BCUT2D eigenvalue weighted by Crippen LogP contribution is 2.27. The first-order chi connectivity index (χ1) is 12.4. The summed E-state index contributed by atoms with van der Waals surface area (Å²) >= 11 is 0. The molecule has 8 heteroatoms. The Bertz CT molecular complexity index is 1060.